The molecule has 0 aliphatic carbocycles. The molecule has 0 saturated carbocycles. The Morgan fingerprint density at radius 1 is 1.09 bits per heavy atom. The lowest BCUT2D eigenvalue weighted by Gasteiger charge is -2.42. The normalized spacial score (nSPS) is 25.8. The summed E-state index contributed by atoms with van der Waals surface area (Å²) in [5.74, 6) is -1.83. The zero-order chi connectivity index (χ0) is 23.0. The Balaban J connectivity index is 1.64. The molecule has 12 heteroatoms. The van der Waals surface area contributed by atoms with Gasteiger partial charge in [-0.1, -0.05) is 23.4 Å². The summed E-state index contributed by atoms with van der Waals surface area (Å²) >= 11 is 10.0. The van der Waals surface area contributed by atoms with Crippen molar-refractivity contribution in [3.63, 3.8) is 0 Å². The summed E-state index contributed by atoms with van der Waals surface area (Å²) in [6.07, 6.45) is 2.49. The molecule has 7 nitrogen and oxygen atoms in total. The zero-order valence-corrected chi connectivity index (χ0v) is 19.3. The Kier molecular flexibility index (Phi) is 7.15. The highest BCUT2D eigenvalue weighted by molar-refractivity contribution is 9.10. The fourth-order valence-corrected chi connectivity index (χ4v) is 5.15. The van der Waals surface area contributed by atoms with E-state index >= 15 is 0 Å². The number of pyridine rings is 1. The molecule has 1 aliphatic heterocycles. The molecule has 3 heterocycles. The van der Waals surface area contributed by atoms with Gasteiger partial charge in [-0.05, 0) is 39.7 Å². The third-order valence-electron chi connectivity index (χ3n) is 5.00. The summed E-state index contributed by atoms with van der Waals surface area (Å²) in [6, 6.07) is 2.93. The largest absolute Gasteiger partial charge is 0.394 e. The molecule has 0 amide bonds. The minimum absolute atomic E-state index is 0.191. The topological polar surface area (TPSA) is 101 Å². The standard InChI is InChI=1S/C20H17BrClF2N3O4S/c21-11-3-12(6-25-5-11)32-20-19(30)17(18(29)15(8-28)31-20)27-7-10(4-26-27)9-1-13(23)16(22)14(24)2-9/h1-7,15,17-20,28-30H,8H2/t15?,17-,18-,19?,20+/m0/s1. The highest BCUT2D eigenvalue weighted by Gasteiger charge is 2.46. The van der Waals surface area contributed by atoms with Gasteiger partial charge < -0.3 is 20.1 Å². The third-order valence-corrected chi connectivity index (χ3v) is 6.92. The van der Waals surface area contributed by atoms with Crippen molar-refractivity contribution < 1.29 is 28.8 Å². The first-order valence-electron chi connectivity index (χ1n) is 9.37. The van der Waals surface area contributed by atoms with Crippen LogP contribution in [0.4, 0.5) is 8.78 Å². The number of hydrogen-bond acceptors (Lipinski definition) is 7. The second-order valence-electron chi connectivity index (χ2n) is 7.12. The van der Waals surface area contributed by atoms with Gasteiger partial charge in [0.1, 0.15) is 46.4 Å². The molecule has 2 aromatic heterocycles. The Hall–Kier alpha value is -1.60. The van der Waals surface area contributed by atoms with E-state index < -0.39 is 53.1 Å². The molecule has 1 saturated heterocycles. The Labute approximate surface area is 199 Å². The summed E-state index contributed by atoms with van der Waals surface area (Å²) in [5.41, 5.74) is -0.308. The number of rotatable bonds is 5. The molecule has 0 spiro atoms. The van der Waals surface area contributed by atoms with Crippen LogP contribution >= 0.6 is 39.3 Å². The van der Waals surface area contributed by atoms with Crippen molar-refractivity contribution >= 4 is 39.3 Å². The first-order valence-corrected chi connectivity index (χ1v) is 11.4. The van der Waals surface area contributed by atoms with Crippen LogP contribution in [0.25, 0.3) is 11.1 Å². The summed E-state index contributed by atoms with van der Waals surface area (Å²) in [6.45, 7) is -0.486. The molecular formula is C20H17BrClF2N3O4S. The summed E-state index contributed by atoms with van der Waals surface area (Å²) in [4.78, 5) is 4.77. The van der Waals surface area contributed by atoms with Gasteiger partial charge in [0.05, 0.1) is 12.8 Å². The van der Waals surface area contributed by atoms with E-state index in [0.717, 1.165) is 16.6 Å². The van der Waals surface area contributed by atoms with Gasteiger partial charge in [-0.15, -0.1) is 0 Å². The second-order valence-corrected chi connectivity index (χ2v) is 9.58. The number of aromatic nitrogens is 3. The Bertz CT molecular complexity index is 1100. The van der Waals surface area contributed by atoms with Crippen LogP contribution in [0.2, 0.25) is 5.02 Å². The first kappa shape index (κ1) is 23.6. The van der Waals surface area contributed by atoms with Gasteiger partial charge in [-0.25, -0.2) is 8.78 Å². The van der Waals surface area contributed by atoms with E-state index in [9.17, 15) is 24.1 Å². The van der Waals surface area contributed by atoms with E-state index in [2.05, 4.69) is 26.0 Å². The van der Waals surface area contributed by atoms with E-state index in [-0.39, 0.29) is 5.56 Å². The fourth-order valence-electron chi connectivity index (χ4n) is 3.44. The number of nitrogens with zero attached hydrogens (tertiary/aromatic N) is 3. The summed E-state index contributed by atoms with van der Waals surface area (Å²) < 4.78 is 35.5. The lowest BCUT2D eigenvalue weighted by Crippen LogP contribution is -2.54. The van der Waals surface area contributed by atoms with Gasteiger partial charge in [0, 0.05) is 33.5 Å². The smallest absolute Gasteiger partial charge is 0.145 e. The van der Waals surface area contributed by atoms with E-state index in [0.29, 0.717) is 10.5 Å². The van der Waals surface area contributed by atoms with Crippen LogP contribution in [0.5, 0.6) is 0 Å². The van der Waals surface area contributed by atoms with Crippen molar-refractivity contribution in [3.8, 4) is 11.1 Å². The van der Waals surface area contributed by atoms with Crippen LogP contribution in [-0.2, 0) is 4.74 Å². The first-order chi connectivity index (χ1) is 15.3. The second kappa shape index (κ2) is 9.72. The van der Waals surface area contributed by atoms with Gasteiger partial charge >= 0.3 is 0 Å². The van der Waals surface area contributed by atoms with Crippen molar-refractivity contribution in [2.45, 2.75) is 34.7 Å². The molecule has 0 radical (unpaired) electrons. The van der Waals surface area contributed by atoms with Crippen molar-refractivity contribution in [3.05, 3.63) is 64.1 Å². The minimum Gasteiger partial charge on any atom is -0.394 e. The molecule has 3 aromatic rings. The molecule has 0 bridgehead atoms. The van der Waals surface area contributed by atoms with Crippen LogP contribution in [0.3, 0.4) is 0 Å². The molecule has 32 heavy (non-hydrogen) atoms. The maximum Gasteiger partial charge on any atom is 0.145 e. The number of ether oxygens (including phenoxy) is 1. The van der Waals surface area contributed by atoms with Crippen LogP contribution in [-0.4, -0.2) is 60.4 Å². The molecule has 4 rings (SSSR count). The van der Waals surface area contributed by atoms with Gasteiger partial charge in [0.15, 0.2) is 0 Å². The molecule has 1 fully saturated rings. The molecule has 1 aliphatic rings. The number of thioether (sulfide) groups is 1. The van der Waals surface area contributed by atoms with E-state index in [1.54, 1.807) is 18.5 Å². The maximum atomic E-state index is 13.9. The average Bonchev–Trinajstić information content (AvgIpc) is 3.23. The molecular weight excluding hydrogens is 532 g/mol. The van der Waals surface area contributed by atoms with Gasteiger partial charge in [0.25, 0.3) is 0 Å². The Morgan fingerprint density at radius 3 is 2.47 bits per heavy atom. The quantitative estimate of drug-likeness (QED) is 0.420. The molecule has 5 atom stereocenters. The average molecular weight is 549 g/mol. The lowest BCUT2D eigenvalue weighted by molar-refractivity contribution is -0.178. The van der Waals surface area contributed by atoms with E-state index in [1.165, 1.54) is 28.8 Å². The van der Waals surface area contributed by atoms with Gasteiger partial charge in [-0.3, -0.25) is 9.67 Å². The van der Waals surface area contributed by atoms with Crippen molar-refractivity contribution in [1.82, 2.24) is 14.8 Å². The highest BCUT2D eigenvalue weighted by atomic mass is 79.9. The highest BCUT2D eigenvalue weighted by Crippen LogP contribution is 2.39. The monoisotopic (exact) mass is 547 g/mol. The fraction of sp³-hybridized carbons (Fsp3) is 0.300. The van der Waals surface area contributed by atoms with Gasteiger partial charge in [0.2, 0.25) is 0 Å². The maximum absolute atomic E-state index is 13.9. The predicted octanol–water partition coefficient (Wildman–Crippen LogP) is 3.41. The van der Waals surface area contributed by atoms with E-state index in [4.69, 9.17) is 16.3 Å². The number of benzene rings is 1. The van der Waals surface area contributed by atoms with Crippen LogP contribution in [0, 0.1) is 11.6 Å². The number of aliphatic hydroxyl groups excluding tert-OH is 3. The van der Waals surface area contributed by atoms with Crippen LogP contribution in [0.1, 0.15) is 6.04 Å². The minimum atomic E-state index is -1.29. The van der Waals surface area contributed by atoms with E-state index in [1.807, 2.05) is 0 Å². The number of hydrogen-bond donors (Lipinski definition) is 3. The molecule has 3 N–H and O–H groups in total. The summed E-state index contributed by atoms with van der Waals surface area (Å²) in [5, 5.41) is 35.0. The van der Waals surface area contributed by atoms with Crippen molar-refractivity contribution in [2.24, 2.45) is 0 Å². The Morgan fingerprint density at radius 2 is 1.81 bits per heavy atom. The van der Waals surface area contributed by atoms with Crippen LogP contribution in [0.15, 0.2) is 52.4 Å². The number of aliphatic hydroxyl groups is 3. The summed E-state index contributed by atoms with van der Waals surface area (Å²) in [7, 11) is 0. The third kappa shape index (κ3) is 4.69. The van der Waals surface area contributed by atoms with Crippen molar-refractivity contribution in [1.29, 1.82) is 0 Å². The molecule has 170 valence electrons. The number of halogens is 4. The SMILES string of the molecule is OCC1O[C@H](Sc2cncc(Br)c2)C(O)[C@@H](n2cc(-c3cc(F)c(Cl)c(F)c3)cn2)[C@H]1O. The molecule has 2 unspecified atom stereocenters. The predicted molar refractivity (Wildman–Crippen MR) is 117 cm³/mol. The van der Waals surface area contributed by atoms with Crippen LogP contribution < -0.4 is 0 Å². The molecule has 1 aromatic carbocycles. The lowest BCUT2D eigenvalue weighted by atomic mass is 9.97. The van der Waals surface area contributed by atoms with Gasteiger partial charge in [-0.2, -0.15) is 5.10 Å². The zero-order valence-electron chi connectivity index (χ0n) is 16.1. The van der Waals surface area contributed by atoms with Crippen molar-refractivity contribution in [2.75, 3.05) is 6.61 Å².